The van der Waals surface area contributed by atoms with E-state index in [1.165, 1.54) is 0 Å². The highest BCUT2D eigenvalue weighted by Crippen LogP contribution is 2.18. The van der Waals surface area contributed by atoms with Crippen LogP contribution in [-0.4, -0.2) is 30.5 Å². The topological polar surface area (TPSA) is 138 Å². The number of H-pyrrole nitrogens is 2. The number of aromatic nitrogens is 2. The van der Waals surface area contributed by atoms with Gasteiger partial charge in [0, 0.05) is 18.3 Å². The normalized spacial score (nSPS) is 24.3. The van der Waals surface area contributed by atoms with E-state index < -0.39 is 26.2 Å². The summed E-state index contributed by atoms with van der Waals surface area (Å²) in [7, 11) is -3.93. The van der Waals surface area contributed by atoms with Gasteiger partial charge in [0.05, 0.1) is 0 Å². The van der Waals surface area contributed by atoms with Crippen molar-refractivity contribution in [3.05, 3.63) is 27.0 Å². The highest BCUT2D eigenvalue weighted by atomic mass is 32.2. The van der Waals surface area contributed by atoms with Crippen molar-refractivity contribution >= 4 is 10.0 Å². The highest BCUT2D eigenvalue weighted by Gasteiger charge is 2.26. The summed E-state index contributed by atoms with van der Waals surface area (Å²) in [4.78, 5) is 25.9. The van der Waals surface area contributed by atoms with Crippen molar-refractivity contribution in [3.8, 4) is 0 Å². The molecule has 1 aliphatic carbocycles. The molecular formula is C10H16N4O4S. The van der Waals surface area contributed by atoms with E-state index in [-0.39, 0.29) is 12.1 Å². The summed E-state index contributed by atoms with van der Waals surface area (Å²) in [5.74, 6) is 0. The number of hydrogen-bond acceptors (Lipinski definition) is 5. The van der Waals surface area contributed by atoms with Gasteiger partial charge in [0.2, 0.25) is 10.0 Å². The van der Waals surface area contributed by atoms with E-state index in [4.69, 9.17) is 5.73 Å². The van der Waals surface area contributed by atoms with Gasteiger partial charge in [-0.1, -0.05) is 0 Å². The zero-order valence-corrected chi connectivity index (χ0v) is 11.0. The number of nitrogens with two attached hydrogens (primary N) is 1. The Morgan fingerprint density at radius 3 is 2.42 bits per heavy atom. The number of nitrogens with one attached hydrogen (secondary N) is 3. The molecule has 0 saturated heterocycles. The Kier molecular flexibility index (Phi) is 3.88. The van der Waals surface area contributed by atoms with E-state index in [0.29, 0.717) is 12.8 Å². The lowest BCUT2D eigenvalue weighted by Gasteiger charge is -2.26. The predicted octanol–water partition coefficient (Wildman–Crippen LogP) is -1.39. The maximum atomic E-state index is 12.0. The Bertz CT molecular complexity index is 655. The quantitative estimate of drug-likeness (QED) is 0.542. The van der Waals surface area contributed by atoms with Gasteiger partial charge in [-0.2, -0.15) is 0 Å². The van der Waals surface area contributed by atoms with Crippen molar-refractivity contribution in [2.24, 2.45) is 5.73 Å². The molecule has 1 heterocycles. The van der Waals surface area contributed by atoms with E-state index >= 15 is 0 Å². The van der Waals surface area contributed by atoms with Crippen LogP contribution in [-0.2, 0) is 10.0 Å². The molecule has 0 amide bonds. The molecule has 5 N–H and O–H groups in total. The van der Waals surface area contributed by atoms with Crippen LogP contribution in [0.2, 0.25) is 0 Å². The monoisotopic (exact) mass is 288 g/mol. The first kappa shape index (κ1) is 14.0. The van der Waals surface area contributed by atoms with Crippen LogP contribution >= 0.6 is 0 Å². The molecule has 106 valence electrons. The molecule has 9 heteroatoms. The van der Waals surface area contributed by atoms with Gasteiger partial charge in [0.15, 0.2) is 4.90 Å². The zero-order chi connectivity index (χ0) is 14.0. The van der Waals surface area contributed by atoms with Gasteiger partial charge >= 0.3 is 5.69 Å². The lowest BCUT2D eigenvalue weighted by molar-refractivity contribution is 0.373. The molecule has 1 aromatic heterocycles. The van der Waals surface area contributed by atoms with Crippen LogP contribution < -0.4 is 21.7 Å². The Balaban J connectivity index is 2.19. The molecule has 0 spiro atoms. The van der Waals surface area contributed by atoms with Crippen molar-refractivity contribution < 1.29 is 8.42 Å². The second-order valence-corrected chi connectivity index (χ2v) is 6.35. The van der Waals surface area contributed by atoms with Crippen LogP contribution in [0.3, 0.4) is 0 Å². The van der Waals surface area contributed by atoms with Crippen LogP contribution in [0.25, 0.3) is 0 Å². The van der Waals surface area contributed by atoms with Crippen LogP contribution in [0.15, 0.2) is 20.7 Å². The van der Waals surface area contributed by atoms with Crippen molar-refractivity contribution in [2.75, 3.05) is 0 Å². The summed E-state index contributed by atoms with van der Waals surface area (Å²) in [5, 5.41) is 0. The Labute approximate surface area is 109 Å². The lowest BCUT2D eigenvalue weighted by Crippen LogP contribution is -2.42. The molecule has 0 atom stereocenters. The molecule has 1 aromatic rings. The van der Waals surface area contributed by atoms with Crippen LogP contribution in [0.4, 0.5) is 0 Å². The van der Waals surface area contributed by atoms with Crippen molar-refractivity contribution in [3.63, 3.8) is 0 Å². The molecule has 8 nitrogen and oxygen atoms in total. The molecule has 1 aliphatic rings. The van der Waals surface area contributed by atoms with E-state index in [2.05, 4.69) is 9.71 Å². The van der Waals surface area contributed by atoms with E-state index in [9.17, 15) is 18.0 Å². The fourth-order valence-corrected chi connectivity index (χ4v) is 3.43. The predicted molar refractivity (Wildman–Crippen MR) is 68.2 cm³/mol. The van der Waals surface area contributed by atoms with Crippen molar-refractivity contribution in [1.29, 1.82) is 0 Å². The molecule has 2 rings (SSSR count). The van der Waals surface area contributed by atoms with Crippen molar-refractivity contribution in [2.45, 2.75) is 42.7 Å². The first-order chi connectivity index (χ1) is 8.88. The molecule has 0 unspecified atom stereocenters. The van der Waals surface area contributed by atoms with Gasteiger partial charge in [-0.05, 0) is 25.7 Å². The average Bonchev–Trinajstić information content (AvgIpc) is 2.31. The number of aromatic amines is 2. The molecule has 1 fully saturated rings. The molecule has 0 aliphatic heterocycles. The molecule has 0 bridgehead atoms. The summed E-state index contributed by atoms with van der Waals surface area (Å²) in [6.45, 7) is 0. The van der Waals surface area contributed by atoms with Gasteiger partial charge < -0.3 is 10.7 Å². The Morgan fingerprint density at radius 1 is 1.21 bits per heavy atom. The number of hydrogen-bond donors (Lipinski definition) is 4. The van der Waals surface area contributed by atoms with Crippen molar-refractivity contribution in [1.82, 2.24) is 14.7 Å². The fraction of sp³-hybridized carbons (Fsp3) is 0.600. The zero-order valence-electron chi connectivity index (χ0n) is 10.2. The van der Waals surface area contributed by atoms with E-state index in [1.807, 2.05) is 4.98 Å². The minimum absolute atomic E-state index is 0.109. The average molecular weight is 288 g/mol. The highest BCUT2D eigenvalue weighted by molar-refractivity contribution is 7.89. The lowest BCUT2D eigenvalue weighted by atomic mass is 9.93. The van der Waals surface area contributed by atoms with Crippen LogP contribution in [0.5, 0.6) is 0 Å². The third-order valence-electron chi connectivity index (χ3n) is 3.17. The van der Waals surface area contributed by atoms with Crippen LogP contribution in [0.1, 0.15) is 25.7 Å². The summed E-state index contributed by atoms with van der Waals surface area (Å²) in [6, 6.07) is -0.117. The molecule has 19 heavy (non-hydrogen) atoms. The second kappa shape index (κ2) is 5.27. The maximum absolute atomic E-state index is 12.0. The Hall–Kier alpha value is -1.45. The SMILES string of the molecule is NC1CCC(NS(=O)(=O)c2c[nH]c(=O)[nH]c2=O)CC1. The van der Waals surface area contributed by atoms with E-state index in [0.717, 1.165) is 19.0 Å². The number of sulfonamides is 1. The van der Waals surface area contributed by atoms with Gasteiger partial charge in [0.1, 0.15) is 0 Å². The fourth-order valence-electron chi connectivity index (χ4n) is 2.12. The minimum Gasteiger partial charge on any atom is -0.328 e. The third kappa shape index (κ3) is 3.31. The third-order valence-corrected chi connectivity index (χ3v) is 4.69. The molecule has 1 saturated carbocycles. The van der Waals surface area contributed by atoms with Gasteiger partial charge in [-0.25, -0.2) is 17.9 Å². The summed E-state index contributed by atoms with van der Waals surface area (Å²) in [6.07, 6.45) is 3.67. The molecule has 0 radical (unpaired) electrons. The molecular weight excluding hydrogens is 272 g/mol. The minimum atomic E-state index is -3.93. The summed E-state index contributed by atoms with van der Waals surface area (Å²) in [5.41, 5.74) is 4.07. The first-order valence-corrected chi connectivity index (χ1v) is 7.47. The van der Waals surface area contributed by atoms with E-state index in [1.54, 1.807) is 0 Å². The standard InChI is InChI=1S/C10H16N4O4S/c11-6-1-3-7(4-2-6)14-19(17,18)8-5-12-10(16)13-9(8)15/h5-7,14H,1-4,11H2,(H2,12,13,15,16). The Morgan fingerprint density at radius 2 is 1.84 bits per heavy atom. The summed E-state index contributed by atoms with van der Waals surface area (Å²) >= 11 is 0. The first-order valence-electron chi connectivity index (χ1n) is 5.98. The maximum Gasteiger partial charge on any atom is 0.325 e. The second-order valence-electron chi connectivity index (χ2n) is 4.67. The van der Waals surface area contributed by atoms with Gasteiger partial charge in [-0.3, -0.25) is 9.78 Å². The molecule has 0 aromatic carbocycles. The van der Waals surface area contributed by atoms with Gasteiger partial charge in [0.25, 0.3) is 5.56 Å². The summed E-state index contributed by atoms with van der Waals surface area (Å²) < 4.78 is 26.5. The number of rotatable bonds is 3. The smallest absolute Gasteiger partial charge is 0.325 e. The largest absolute Gasteiger partial charge is 0.328 e. The van der Waals surface area contributed by atoms with Gasteiger partial charge in [-0.15, -0.1) is 0 Å². The van der Waals surface area contributed by atoms with Crippen LogP contribution in [0, 0.1) is 0 Å².